The highest BCUT2D eigenvalue weighted by atomic mass is 16.4. The van der Waals surface area contributed by atoms with Crippen molar-refractivity contribution >= 4 is 17.9 Å². The fraction of sp³-hybridized carbons (Fsp3) is 0.667. The van der Waals surface area contributed by atoms with Gasteiger partial charge in [-0.05, 0) is 0 Å². The summed E-state index contributed by atoms with van der Waals surface area (Å²) in [6.07, 6.45) is 0.667. The van der Waals surface area contributed by atoms with Gasteiger partial charge in [-0.25, -0.2) is 0 Å². The van der Waals surface area contributed by atoms with Crippen LogP contribution in [0.15, 0.2) is 0 Å². The average molecular weight is 240 g/mol. The molecule has 0 fully saturated rings. The van der Waals surface area contributed by atoms with Crippen LogP contribution in [-0.2, 0) is 14.4 Å². The molecule has 0 amide bonds. The number of carboxylic acids is 3. The van der Waals surface area contributed by atoms with Crippen molar-refractivity contribution in [2.24, 2.45) is 0 Å². The van der Waals surface area contributed by atoms with Gasteiger partial charge in [0.15, 0.2) is 0 Å². The molecule has 0 unspecified atom stereocenters. The summed E-state index contributed by atoms with van der Waals surface area (Å²) in [5.41, 5.74) is 0. The van der Waals surface area contributed by atoms with Gasteiger partial charge in [-0.1, -0.05) is 20.8 Å². The lowest BCUT2D eigenvalue weighted by Gasteiger charge is -1.71. The summed E-state index contributed by atoms with van der Waals surface area (Å²) in [5.74, 6) is -2.24. The molecule has 0 aromatic rings. The third-order valence-electron chi connectivity index (χ3n) is 0.907. The molecule has 0 aliphatic heterocycles. The molecule has 98 valence electrons. The van der Waals surface area contributed by atoms with E-state index in [9.17, 15) is 14.4 Å². The zero-order valence-corrected chi connectivity index (χ0v) is 9.69. The molecule has 7 nitrogen and oxygen atoms in total. The van der Waals surface area contributed by atoms with Gasteiger partial charge in [0.2, 0.25) is 0 Å². The van der Waals surface area contributed by atoms with E-state index in [0.717, 1.165) is 0 Å². The Morgan fingerprint density at radius 1 is 0.688 bits per heavy atom. The molecule has 0 aromatic heterocycles. The topological polar surface area (TPSA) is 143 Å². The Kier molecular flexibility index (Phi) is 28.4. The van der Waals surface area contributed by atoms with Crippen molar-refractivity contribution in [1.82, 2.24) is 0 Å². The molecule has 7 heteroatoms. The van der Waals surface area contributed by atoms with E-state index in [1.165, 1.54) is 0 Å². The zero-order chi connectivity index (χ0) is 12.9. The number of hydrogen-bond donors (Lipinski definition) is 3. The quantitative estimate of drug-likeness (QED) is 0.659. The van der Waals surface area contributed by atoms with Crippen LogP contribution in [0.4, 0.5) is 0 Å². The minimum atomic E-state index is -0.745. The lowest BCUT2D eigenvalue weighted by Crippen LogP contribution is -1.86. The lowest BCUT2D eigenvalue weighted by molar-refractivity contribution is -0.137. The van der Waals surface area contributed by atoms with Crippen LogP contribution in [0.25, 0.3) is 0 Å². The molecule has 0 atom stereocenters. The summed E-state index contributed by atoms with van der Waals surface area (Å²) in [5, 5.41) is 23.2. The first-order valence-corrected chi connectivity index (χ1v) is 4.47. The smallest absolute Gasteiger partial charge is 0.303 e. The highest BCUT2D eigenvalue weighted by Crippen LogP contribution is 1.68. The van der Waals surface area contributed by atoms with Crippen LogP contribution in [-0.4, -0.2) is 38.7 Å². The summed E-state index contributed by atoms with van der Waals surface area (Å²) in [6, 6.07) is 0. The third kappa shape index (κ3) is 83.7. The Balaban J connectivity index is -0.0000000655. The molecule has 0 aromatic carbocycles. The van der Waals surface area contributed by atoms with E-state index in [2.05, 4.69) is 0 Å². The molecule has 0 spiro atoms. The summed E-state index contributed by atoms with van der Waals surface area (Å²) >= 11 is 0. The van der Waals surface area contributed by atoms with Crippen molar-refractivity contribution < 1.29 is 35.2 Å². The van der Waals surface area contributed by atoms with Gasteiger partial charge >= 0.3 is 17.9 Å². The maximum atomic E-state index is 9.37. The van der Waals surface area contributed by atoms with Crippen LogP contribution in [0.1, 0.15) is 40.0 Å². The van der Waals surface area contributed by atoms with Gasteiger partial charge in [0.25, 0.3) is 0 Å². The number of aliphatic carboxylic acids is 3. The van der Waals surface area contributed by atoms with Crippen molar-refractivity contribution in [3.63, 3.8) is 0 Å². The Morgan fingerprint density at radius 2 is 0.750 bits per heavy atom. The highest BCUT2D eigenvalue weighted by Gasteiger charge is 1.81. The summed E-state index contributed by atoms with van der Waals surface area (Å²) < 4.78 is 0. The fourth-order valence-corrected chi connectivity index (χ4v) is 0. The van der Waals surface area contributed by atoms with Gasteiger partial charge in [-0.15, -0.1) is 0 Å². The van der Waals surface area contributed by atoms with Crippen molar-refractivity contribution in [1.29, 1.82) is 0 Å². The number of hydrogen-bond acceptors (Lipinski definition) is 3. The zero-order valence-electron chi connectivity index (χ0n) is 9.69. The largest absolute Gasteiger partial charge is 0.481 e. The van der Waals surface area contributed by atoms with E-state index in [0.29, 0.717) is 0 Å². The van der Waals surface area contributed by atoms with Crippen LogP contribution in [0.3, 0.4) is 0 Å². The van der Waals surface area contributed by atoms with Gasteiger partial charge < -0.3 is 20.8 Å². The predicted octanol–water partition coefficient (Wildman–Crippen LogP) is 0.618. The lowest BCUT2D eigenvalue weighted by atomic mass is 10.5. The van der Waals surface area contributed by atoms with Crippen LogP contribution in [0, 0.1) is 0 Å². The first-order chi connectivity index (χ1) is 6.81. The minimum Gasteiger partial charge on any atom is -0.481 e. The van der Waals surface area contributed by atoms with E-state index in [-0.39, 0.29) is 24.7 Å². The molecule has 0 rings (SSSR count). The minimum absolute atomic E-state index is 0. The second-order valence-corrected chi connectivity index (χ2v) is 2.24. The molecule has 0 heterocycles. The molecule has 0 radical (unpaired) electrons. The standard InChI is InChI=1S/3C3H6O2.H2O/c3*1-2-3(4)5;/h3*2H2,1H3,(H,4,5);1H2. The Hall–Kier alpha value is -1.63. The van der Waals surface area contributed by atoms with Crippen molar-refractivity contribution in [3.05, 3.63) is 0 Å². The number of rotatable bonds is 3. The second-order valence-electron chi connectivity index (χ2n) is 2.24. The molecule has 0 saturated heterocycles. The van der Waals surface area contributed by atoms with E-state index in [4.69, 9.17) is 15.3 Å². The van der Waals surface area contributed by atoms with Gasteiger partial charge in [0.05, 0.1) is 0 Å². The monoisotopic (exact) mass is 240 g/mol. The predicted molar refractivity (Wildman–Crippen MR) is 57.4 cm³/mol. The van der Waals surface area contributed by atoms with E-state index >= 15 is 0 Å². The fourth-order valence-electron chi connectivity index (χ4n) is 0. The first-order valence-electron chi connectivity index (χ1n) is 4.47. The Labute approximate surface area is 94.0 Å². The SMILES string of the molecule is CCC(=O)O.CCC(=O)O.CCC(=O)O.O. The third-order valence-corrected chi connectivity index (χ3v) is 0.907. The van der Waals surface area contributed by atoms with E-state index < -0.39 is 17.9 Å². The van der Waals surface area contributed by atoms with E-state index in [1.807, 2.05) is 0 Å². The maximum absolute atomic E-state index is 9.37. The molecule has 0 aliphatic rings. The van der Waals surface area contributed by atoms with Crippen LogP contribution in [0.5, 0.6) is 0 Å². The van der Waals surface area contributed by atoms with Crippen molar-refractivity contribution in [2.45, 2.75) is 40.0 Å². The average Bonchev–Trinajstić information content (AvgIpc) is 2.19. The van der Waals surface area contributed by atoms with Crippen LogP contribution in [0.2, 0.25) is 0 Å². The molecular weight excluding hydrogens is 220 g/mol. The van der Waals surface area contributed by atoms with E-state index in [1.54, 1.807) is 20.8 Å². The molecule has 0 bridgehead atoms. The normalized spacial score (nSPS) is 6.94. The van der Waals surface area contributed by atoms with Gasteiger partial charge in [0, 0.05) is 19.3 Å². The second kappa shape index (κ2) is 19.0. The van der Waals surface area contributed by atoms with Gasteiger partial charge in [0.1, 0.15) is 0 Å². The Morgan fingerprint density at radius 3 is 0.750 bits per heavy atom. The van der Waals surface area contributed by atoms with Gasteiger partial charge in [-0.2, -0.15) is 0 Å². The summed E-state index contributed by atoms with van der Waals surface area (Å²) in [7, 11) is 0. The molecule has 0 saturated carbocycles. The molecule has 0 aliphatic carbocycles. The van der Waals surface area contributed by atoms with Crippen LogP contribution < -0.4 is 0 Å². The molecular formula is C9H20O7. The number of carboxylic acid groups (broad SMARTS) is 3. The highest BCUT2D eigenvalue weighted by molar-refractivity contribution is 5.66. The van der Waals surface area contributed by atoms with Crippen molar-refractivity contribution in [2.75, 3.05) is 0 Å². The van der Waals surface area contributed by atoms with Crippen LogP contribution >= 0.6 is 0 Å². The number of carbonyl (C=O) groups is 3. The Bertz CT molecular complexity index is 155. The summed E-state index contributed by atoms with van der Waals surface area (Å²) in [6.45, 7) is 4.80. The molecule has 5 N–H and O–H groups in total. The first kappa shape index (κ1) is 23.9. The summed E-state index contributed by atoms with van der Waals surface area (Å²) in [4.78, 5) is 28.1. The van der Waals surface area contributed by atoms with Crippen molar-refractivity contribution in [3.8, 4) is 0 Å². The maximum Gasteiger partial charge on any atom is 0.303 e. The molecule has 16 heavy (non-hydrogen) atoms. The van der Waals surface area contributed by atoms with Gasteiger partial charge in [-0.3, -0.25) is 14.4 Å².